The molecule has 1 atom stereocenters. The molecule has 0 spiro atoms. The third kappa shape index (κ3) is 4.84. The van der Waals surface area contributed by atoms with Gasteiger partial charge in [-0.2, -0.15) is 0 Å². The maximum absolute atomic E-state index is 11.6. The fourth-order valence-corrected chi connectivity index (χ4v) is 1.76. The van der Waals surface area contributed by atoms with Gasteiger partial charge in [0.25, 0.3) is 5.91 Å². The van der Waals surface area contributed by atoms with Gasteiger partial charge in [0.05, 0.1) is 5.69 Å². The van der Waals surface area contributed by atoms with Gasteiger partial charge in [0.1, 0.15) is 5.75 Å². The number of halogens is 1. The Morgan fingerprint density at radius 2 is 2.28 bits per heavy atom. The van der Waals surface area contributed by atoms with Crippen LogP contribution in [0.2, 0.25) is 5.02 Å². The van der Waals surface area contributed by atoms with Crippen LogP contribution in [0.15, 0.2) is 18.2 Å². The number of carbonyl (C=O) groups excluding carboxylic acids is 1. The molecule has 3 N–H and O–H groups in total. The first-order chi connectivity index (χ1) is 8.52. The van der Waals surface area contributed by atoms with Crippen molar-refractivity contribution in [1.29, 1.82) is 0 Å². The number of hydrogen-bond acceptors (Lipinski definition) is 3. The van der Waals surface area contributed by atoms with Gasteiger partial charge >= 0.3 is 0 Å². The summed E-state index contributed by atoms with van der Waals surface area (Å²) in [7, 11) is 0. The quantitative estimate of drug-likeness (QED) is 0.781. The Morgan fingerprint density at radius 3 is 2.94 bits per heavy atom. The van der Waals surface area contributed by atoms with Gasteiger partial charge in [0, 0.05) is 17.1 Å². The second kappa shape index (κ2) is 7.11. The summed E-state index contributed by atoms with van der Waals surface area (Å²) in [5.41, 5.74) is 6.18. The highest BCUT2D eigenvalue weighted by molar-refractivity contribution is 6.30. The predicted octanol–water partition coefficient (Wildman–Crippen LogP) is 2.61. The molecule has 5 heteroatoms. The molecule has 1 aromatic carbocycles. The minimum Gasteiger partial charge on any atom is -0.482 e. The highest BCUT2D eigenvalue weighted by Gasteiger charge is 2.08. The highest BCUT2D eigenvalue weighted by atomic mass is 35.5. The lowest BCUT2D eigenvalue weighted by Crippen LogP contribution is -2.36. The van der Waals surface area contributed by atoms with E-state index in [1.807, 2.05) is 6.92 Å². The Morgan fingerprint density at radius 1 is 1.56 bits per heavy atom. The van der Waals surface area contributed by atoms with Gasteiger partial charge in [0.2, 0.25) is 0 Å². The average molecular weight is 271 g/mol. The topological polar surface area (TPSA) is 64.3 Å². The Balaban J connectivity index is 2.45. The van der Waals surface area contributed by atoms with Gasteiger partial charge in [-0.1, -0.05) is 24.9 Å². The van der Waals surface area contributed by atoms with Gasteiger partial charge < -0.3 is 15.8 Å². The number of hydrogen-bond donors (Lipinski definition) is 2. The van der Waals surface area contributed by atoms with Crippen LogP contribution in [-0.2, 0) is 4.79 Å². The maximum atomic E-state index is 11.6. The summed E-state index contributed by atoms with van der Waals surface area (Å²) in [4.78, 5) is 11.6. The first kappa shape index (κ1) is 14.6. The summed E-state index contributed by atoms with van der Waals surface area (Å²) in [5, 5.41) is 3.37. The van der Waals surface area contributed by atoms with E-state index in [9.17, 15) is 4.79 Å². The van der Waals surface area contributed by atoms with Crippen molar-refractivity contribution in [3.05, 3.63) is 23.2 Å². The lowest BCUT2D eigenvalue weighted by Gasteiger charge is -2.14. The molecule has 1 amide bonds. The van der Waals surface area contributed by atoms with Crippen molar-refractivity contribution in [3.8, 4) is 5.75 Å². The molecule has 0 fully saturated rings. The van der Waals surface area contributed by atoms with Crippen LogP contribution in [0.1, 0.15) is 26.7 Å². The number of nitrogen functional groups attached to an aromatic ring is 1. The molecule has 0 aliphatic carbocycles. The van der Waals surface area contributed by atoms with Crippen LogP contribution in [-0.4, -0.2) is 18.6 Å². The van der Waals surface area contributed by atoms with Crippen LogP contribution in [0, 0.1) is 0 Å². The average Bonchev–Trinajstić information content (AvgIpc) is 2.30. The molecule has 1 aromatic rings. The Labute approximate surface area is 112 Å². The molecule has 0 aliphatic rings. The Kier molecular flexibility index (Phi) is 5.78. The molecule has 1 rings (SSSR count). The van der Waals surface area contributed by atoms with Crippen LogP contribution in [0.5, 0.6) is 5.75 Å². The van der Waals surface area contributed by atoms with E-state index in [-0.39, 0.29) is 18.6 Å². The molecule has 100 valence electrons. The van der Waals surface area contributed by atoms with Crippen LogP contribution < -0.4 is 15.8 Å². The number of anilines is 1. The predicted molar refractivity (Wildman–Crippen MR) is 73.9 cm³/mol. The summed E-state index contributed by atoms with van der Waals surface area (Å²) >= 11 is 5.82. The molecule has 0 radical (unpaired) electrons. The number of nitrogens with one attached hydrogen (secondary N) is 1. The molecule has 0 heterocycles. The van der Waals surface area contributed by atoms with Crippen molar-refractivity contribution in [1.82, 2.24) is 5.32 Å². The van der Waals surface area contributed by atoms with E-state index in [2.05, 4.69) is 12.2 Å². The lowest BCUT2D eigenvalue weighted by atomic mass is 10.2. The van der Waals surface area contributed by atoms with Crippen LogP contribution in [0.4, 0.5) is 5.69 Å². The lowest BCUT2D eigenvalue weighted by molar-refractivity contribution is -0.123. The number of benzene rings is 1. The fraction of sp³-hybridized carbons (Fsp3) is 0.462. The number of carbonyl (C=O) groups is 1. The number of nitrogens with two attached hydrogens (primary N) is 1. The fourth-order valence-electron chi connectivity index (χ4n) is 1.60. The first-order valence-corrected chi connectivity index (χ1v) is 6.38. The van der Waals surface area contributed by atoms with Crippen molar-refractivity contribution in [2.45, 2.75) is 32.7 Å². The van der Waals surface area contributed by atoms with Crippen molar-refractivity contribution >= 4 is 23.2 Å². The minimum atomic E-state index is -0.157. The zero-order valence-electron chi connectivity index (χ0n) is 10.7. The largest absolute Gasteiger partial charge is 0.482 e. The summed E-state index contributed by atoms with van der Waals surface area (Å²) in [5.74, 6) is 0.274. The third-order valence-electron chi connectivity index (χ3n) is 2.46. The van der Waals surface area contributed by atoms with Crippen LogP contribution in [0.25, 0.3) is 0 Å². The summed E-state index contributed by atoms with van der Waals surface area (Å²) in [6.45, 7) is 3.99. The normalized spacial score (nSPS) is 11.9. The van der Waals surface area contributed by atoms with Crippen molar-refractivity contribution in [2.75, 3.05) is 12.3 Å². The molecule has 18 heavy (non-hydrogen) atoms. The molecular formula is C13H19ClN2O2. The van der Waals surface area contributed by atoms with Gasteiger partial charge in [-0.15, -0.1) is 0 Å². The summed E-state index contributed by atoms with van der Waals surface area (Å²) < 4.78 is 5.34. The van der Waals surface area contributed by atoms with E-state index in [4.69, 9.17) is 22.1 Å². The monoisotopic (exact) mass is 270 g/mol. The number of ether oxygens (including phenoxy) is 1. The second-order valence-electron chi connectivity index (χ2n) is 4.23. The standard InChI is InChI=1S/C13H19ClN2O2/c1-3-4-9(2)16-13(17)8-18-12-7-10(14)5-6-11(12)15/h5-7,9H,3-4,8,15H2,1-2H3,(H,16,17). The third-order valence-corrected chi connectivity index (χ3v) is 2.70. The molecule has 0 saturated carbocycles. The Bertz CT molecular complexity index is 410. The van der Waals surface area contributed by atoms with E-state index in [0.29, 0.717) is 16.5 Å². The van der Waals surface area contributed by atoms with Gasteiger partial charge in [-0.05, 0) is 25.5 Å². The number of amides is 1. The zero-order valence-corrected chi connectivity index (χ0v) is 11.5. The highest BCUT2D eigenvalue weighted by Crippen LogP contribution is 2.25. The van der Waals surface area contributed by atoms with Crippen LogP contribution in [0.3, 0.4) is 0 Å². The van der Waals surface area contributed by atoms with E-state index in [1.165, 1.54) is 0 Å². The Hall–Kier alpha value is -1.42. The molecular weight excluding hydrogens is 252 g/mol. The summed E-state index contributed by atoms with van der Waals surface area (Å²) in [6, 6.07) is 5.07. The molecule has 0 aliphatic heterocycles. The van der Waals surface area contributed by atoms with Crippen molar-refractivity contribution in [2.24, 2.45) is 0 Å². The van der Waals surface area contributed by atoms with E-state index >= 15 is 0 Å². The summed E-state index contributed by atoms with van der Waals surface area (Å²) in [6.07, 6.45) is 1.98. The molecule has 4 nitrogen and oxygen atoms in total. The number of rotatable bonds is 6. The minimum absolute atomic E-state index is 0.0569. The van der Waals surface area contributed by atoms with Crippen molar-refractivity contribution < 1.29 is 9.53 Å². The van der Waals surface area contributed by atoms with Gasteiger partial charge in [0.15, 0.2) is 6.61 Å². The second-order valence-corrected chi connectivity index (χ2v) is 4.66. The van der Waals surface area contributed by atoms with Gasteiger partial charge in [-0.25, -0.2) is 0 Å². The first-order valence-electron chi connectivity index (χ1n) is 6.00. The SMILES string of the molecule is CCCC(C)NC(=O)COc1cc(Cl)ccc1N. The maximum Gasteiger partial charge on any atom is 0.258 e. The van der Waals surface area contributed by atoms with E-state index in [1.54, 1.807) is 18.2 Å². The van der Waals surface area contributed by atoms with Crippen molar-refractivity contribution in [3.63, 3.8) is 0 Å². The van der Waals surface area contributed by atoms with Gasteiger partial charge in [-0.3, -0.25) is 4.79 Å². The molecule has 0 saturated heterocycles. The molecule has 1 unspecified atom stereocenters. The smallest absolute Gasteiger partial charge is 0.258 e. The van der Waals surface area contributed by atoms with Crippen LogP contribution >= 0.6 is 11.6 Å². The molecule has 0 aromatic heterocycles. The van der Waals surface area contributed by atoms with E-state index < -0.39 is 0 Å². The zero-order chi connectivity index (χ0) is 13.5. The van der Waals surface area contributed by atoms with E-state index in [0.717, 1.165) is 12.8 Å². The molecule has 0 bridgehead atoms.